The van der Waals surface area contributed by atoms with Gasteiger partial charge in [0, 0.05) is 13.1 Å². The number of hydrogen-bond donors (Lipinski definition) is 3. The van der Waals surface area contributed by atoms with E-state index in [9.17, 15) is 0 Å². The van der Waals surface area contributed by atoms with Crippen molar-refractivity contribution in [2.75, 3.05) is 20.1 Å². The molecular weight excluding hydrogens is 194 g/mol. The molecule has 0 aromatic rings. The van der Waals surface area contributed by atoms with Gasteiger partial charge < -0.3 is 15.5 Å². The van der Waals surface area contributed by atoms with E-state index in [0.29, 0.717) is 5.90 Å². The lowest BCUT2D eigenvalue weighted by molar-refractivity contribution is 0.373. The van der Waals surface area contributed by atoms with E-state index in [1.54, 1.807) is 0 Å². The van der Waals surface area contributed by atoms with Gasteiger partial charge in [0.1, 0.15) is 6.04 Å². The van der Waals surface area contributed by atoms with Crippen LogP contribution in [0.2, 0.25) is 0 Å². The number of likely N-dealkylation sites (N-methyl/N-ethyl adjacent to an activating group) is 1. The molecule has 15 heavy (non-hydrogen) atoms. The molecule has 6 heteroatoms. The van der Waals surface area contributed by atoms with Crippen LogP contribution in [0, 0.1) is 5.53 Å². The van der Waals surface area contributed by atoms with Crippen LogP contribution in [-0.4, -0.2) is 38.2 Å². The predicted octanol–water partition coefficient (Wildman–Crippen LogP) is 0.707. The maximum absolute atomic E-state index is 7.03. The van der Waals surface area contributed by atoms with Crippen LogP contribution in [0.15, 0.2) is 10.2 Å². The van der Waals surface area contributed by atoms with Gasteiger partial charge in [0.2, 0.25) is 6.10 Å². The van der Waals surface area contributed by atoms with Gasteiger partial charge in [0.25, 0.3) is 5.90 Å². The Balaban J connectivity index is 2.22. The normalized spacial score (nSPS) is 23.3. The minimum atomic E-state index is -0.0652. The largest absolute Gasteiger partial charge is 0.461 e. The minimum Gasteiger partial charge on any atom is -0.461 e. The zero-order valence-electron chi connectivity index (χ0n) is 9.29. The maximum atomic E-state index is 7.03. The molecule has 1 rings (SSSR count). The Morgan fingerprint density at radius 1 is 1.53 bits per heavy atom. The summed E-state index contributed by atoms with van der Waals surface area (Å²) in [4.78, 5) is 0. The molecule has 1 saturated heterocycles. The third-order valence-corrected chi connectivity index (χ3v) is 2.21. The lowest BCUT2D eigenvalue weighted by Gasteiger charge is -2.01. The molecule has 2 atom stereocenters. The van der Waals surface area contributed by atoms with Crippen molar-refractivity contribution in [3.05, 3.63) is 0 Å². The average molecular weight is 213 g/mol. The Morgan fingerprint density at radius 3 is 2.93 bits per heavy atom. The van der Waals surface area contributed by atoms with Crippen molar-refractivity contribution >= 4 is 5.90 Å². The van der Waals surface area contributed by atoms with Gasteiger partial charge in [-0.1, -0.05) is 13.3 Å². The molecule has 0 radical (unpaired) electrons. The molecule has 0 aliphatic carbocycles. The number of epoxide rings is 1. The smallest absolute Gasteiger partial charge is 0.250 e. The van der Waals surface area contributed by atoms with Gasteiger partial charge in [-0.2, -0.15) is 5.11 Å². The highest BCUT2D eigenvalue weighted by atomic mass is 16.6. The molecule has 0 saturated carbocycles. The van der Waals surface area contributed by atoms with Gasteiger partial charge in [0.05, 0.1) is 0 Å². The van der Waals surface area contributed by atoms with Crippen molar-refractivity contribution in [1.82, 2.24) is 10.7 Å². The molecule has 2 unspecified atom stereocenters. The molecule has 1 heterocycles. The van der Waals surface area contributed by atoms with Crippen LogP contribution in [0.4, 0.5) is 0 Å². The molecular formula is C9H19N5O. The van der Waals surface area contributed by atoms with Crippen LogP contribution < -0.4 is 10.7 Å². The fraction of sp³-hybridized carbons (Fsp3) is 0.889. The quantitative estimate of drug-likeness (QED) is 0.240. The van der Waals surface area contributed by atoms with Crippen molar-refractivity contribution in [3.8, 4) is 0 Å². The number of ether oxygens (including phenoxy) is 1. The summed E-state index contributed by atoms with van der Waals surface area (Å²) in [5.41, 5.74) is 9.92. The van der Waals surface area contributed by atoms with Gasteiger partial charge in [0.15, 0.2) is 0 Å². The van der Waals surface area contributed by atoms with Crippen LogP contribution in [0.5, 0.6) is 0 Å². The summed E-state index contributed by atoms with van der Waals surface area (Å²) in [5.74, 6) is 0.681. The second kappa shape index (κ2) is 6.34. The molecule has 3 N–H and O–H groups in total. The van der Waals surface area contributed by atoms with Crippen LogP contribution in [0.1, 0.15) is 19.8 Å². The van der Waals surface area contributed by atoms with E-state index in [0.717, 1.165) is 25.9 Å². The van der Waals surface area contributed by atoms with Crippen LogP contribution >= 0.6 is 0 Å². The van der Waals surface area contributed by atoms with E-state index in [-0.39, 0.29) is 12.1 Å². The summed E-state index contributed by atoms with van der Waals surface area (Å²) in [5, 5.41) is 10.6. The molecule has 0 aromatic heterocycles. The summed E-state index contributed by atoms with van der Waals surface area (Å²) in [6, 6.07) is -0.0557. The zero-order valence-corrected chi connectivity index (χ0v) is 9.29. The third-order valence-electron chi connectivity index (χ3n) is 2.21. The molecule has 1 aliphatic rings. The SMILES string of the molecule is CCCC(N=N)C1OC1=NNCCNC. The number of hydrogen-bond acceptors (Lipinski definition) is 6. The molecule has 1 fully saturated rings. The zero-order chi connectivity index (χ0) is 11.1. The fourth-order valence-corrected chi connectivity index (χ4v) is 1.32. The number of hydrazone groups is 1. The highest BCUT2D eigenvalue weighted by Gasteiger charge is 2.42. The van der Waals surface area contributed by atoms with Gasteiger partial charge in [-0.25, -0.2) is 5.53 Å². The van der Waals surface area contributed by atoms with E-state index in [1.165, 1.54) is 0 Å². The molecule has 6 nitrogen and oxygen atoms in total. The molecule has 0 spiro atoms. The maximum Gasteiger partial charge on any atom is 0.250 e. The summed E-state index contributed by atoms with van der Waals surface area (Å²) in [7, 11) is 1.89. The van der Waals surface area contributed by atoms with Gasteiger partial charge >= 0.3 is 0 Å². The Kier molecular flexibility index (Phi) is 5.03. The highest BCUT2D eigenvalue weighted by Crippen LogP contribution is 2.23. The Hall–Kier alpha value is -1.17. The highest BCUT2D eigenvalue weighted by molar-refractivity contribution is 5.93. The first kappa shape index (κ1) is 11.9. The number of nitrogens with zero attached hydrogens (tertiary/aromatic N) is 2. The van der Waals surface area contributed by atoms with Crippen molar-refractivity contribution < 1.29 is 4.74 Å². The monoisotopic (exact) mass is 213 g/mol. The second-order valence-corrected chi connectivity index (χ2v) is 3.49. The van der Waals surface area contributed by atoms with E-state index >= 15 is 0 Å². The summed E-state index contributed by atoms with van der Waals surface area (Å²) >= 11 is 0. The first-order valence-corrected chi connectivity index (χ1v) is 5.31. The van der Waals surface area contributed by atoms with E-state index in [4.69, 9.17) is 10.3 Å². The summed E-state index contributed by atoms with van der Waals surface area (Å²) in [6.07, 6.45) is 1.82. The Morgan fingerprint density at radius 2 is 2.33 bits per heavy atom. The van der Waals surface area contributed by atoms with E-state index in [1.807, 2.05) is 7.05 Å². The number of rotatable bonds is 8. The van der Waals surface area contributed by atoms with E-state index in [2.05, 4.69) is 27.9 Å². The Labute approximate surface area is 90.0 Å². The lowest BCUT2D eigenvalue weighted by Crippen LogP contribution is -2.21. The van der Waals surface area contributed by atoms with Crippen molar-refractivity contribution in [1.29, 1.82) is 5.53 Å². The van der Waals surface area contributed by atoms with Crippen LogP contribution in [-0.2, 0) is 4.74 Å². The van der Waals surface area contributed by atoms with Crippen LogP contribution in [0.25, 0.3) is 0 Å². The van der Waals surface area contributed by atoms with Gasteiger partial charge in [-0.15, -0.1) is 5.10 Å². The van der Waals surface area contributed by atoms with Crippen molar-refractivity contribution in [2.45, 2.75) is 31.9 Å². The number of nitrogens with one attached hydrogen (secondary N) is 3. The first-order valence-electron chi connectivity index (χ1n) is 5.31. The predicted molar refractivity (Wildman–Crippen MR) is 58.1 cm³/mol. The second-order valence-electron chi connectivity index (χ2n) is 3.49. The molecule has 86 valence electrons. The Bertz CT molecular complexity index is 231. The molecule has 1 aliphatic heterocycles. The summed E-state index contributed by atoms with van der Waals surface area (Å²) < 4.78 is 5.26. The standard InChI is InChI=1S/C9H19N5O/c1-3-4-7(13-10)8-9(15-8)14-12-6-5-11-2/h7-8,10-12H,3-6H2,1-2H3. The van der Waals surface area contributed by atoms with Gasteiger partial charge in [-0.3, -0.25) is 0 Å². The molecule has 0 bridgehead atoms. The molecule has 0 aromatic carbocycles. The van der Waals surface area contributed by atoms with Crippen molar-refractivity contribution in [3.63, 3.8) is 0 Å². The van der Waals surface area contributed by atoms with Crippen LogP contribution in [0.3, 0.4) is 0 Å². The van der Waals surface area contributed by atoms with Crippen molar-refractivity contribution in [2.24, 2.45) is 10.2 Å². The molecule has 0 amide bonds. The lowest BCUT2D eigenvalue weighted by atomic mass is 10.1. The fourth-order valence-electron chi connectivity index (χ4n) is 1.32. The first-order chi connectivity index (χ1) is 7.33. The van der Waals surface area contributed by atoms with Gasteiger partial charge in [-0.05, 0) is 13.5 Å². The minimum absolute atomic E-state index is 0.0557. The average Bonchev–Trinajstić information content (AvgIpc) is 3.00. The van der Waals surface area contributed by atoms with E-state index < -0.39 is 0 Å². The summed E-state index contributed by atoms with van der Waals surface area (Å²) in [6.45, 7) is 3.71. The third kappa shape index (κ3) is 3.83. The topological polar surface area (TPSA) is 85.2 Å².